The van der Waals surface area contributed by atoms with Crippen LogP contribution in [0.4, 0.5) is 8.78 Å². The van der Waals surface area contributed by atoms with E-state index in [0.29, 0.717) is 0 Å². The molecular weight excluding hydrogens is 375 g/mol. The van der Waals surface area contributed by atoms with Gasteiger partial charge in [-0.15, -0.1) is 0 Å². The number of hydrogen-bond acceptors (Lipinski definition) is 2. The number of rotatable bonds is 2. The second-order valence-electron chi connectivity index (χ2n) is 2.30. The van der Waals surface area contributed by atoms with Crippen molar-refractivity contribution in [2.45, 2.75) is 6.43 Å². The maximum Gasteiger partial charge on any atom is 0.339 e. The zero-order chi connectivity index (χ0) is 10.9. The third kappa shape index (κ3) is 2.19. The van der Waals surface area contributed by atoms with Gasteiger partial charge in [-0.3, -0.25) is 0 Å². The molecule has 0 amide bonds. The summed E-state index contributed by atoms with van der Waals surface area (Å²) in [4.78, 5) is 14.2. The smallest absolute Gasteiger partial charge is 0.339 e. The van der Waals surface area contributed by atoms with E-state index in [2.05, 4.69) is 20.9 Å². The van der Waals surface area contributed by atoms with Crippen molar-refractivity contribution in [1.29, 1.82) is 0 Å². The number of hydrogen-bond donors (Lipinski definition) is 1. The van der Waals surface area contributed by atoms with Crippen LogP contribution in [0.25, 0.3) is 0 Å². The molecule has 0 aliphatic rings. The van der Waals surface area contributed by atoms with Crippen molar-refractivity contribution in [2.24, 2.45) is 0 Å². The molecule has 0 bridgehead atoms. The molecule has 0 saturated heterocycles. The Balaban J connectivity index is 3.41. The van der Waals surface area contributed by atoms with Crippen LogP contribution in [0.1, 0.15) is 22.3 Å². The topological polar surface area (TPSA) is 50.2 Å². The van der Waals surface area contributed by atoms with Crippen molar-refractivity contribution < 1.29 is 18.7 Å². The number of carboxylic acid groups (broad SMARTS) is 1. The van der Waals surface area contributed by atoms with Gasteiger partial charge < -0.3 is 5.11 Å². The summed E-state index contributed by atoms with van der Waals surface area (Å²) in [5.41, 5.74) is -0.602. The third-order valence-corrected chi connectivity index (χ3v) is 3.21. The second kappa shape index (κ2) is 4.47. The highest BCUT2D eigenvalue weighted by atomic mass is 127. The molecule has 1 aromatic rings. The predicted octanol–water partition coefficient (Wildman–Crippen LogP) is 3.08. The van der Waals surface area contributed by atoms with Gasteiger partial charge in [0.1, 0.15) is 10.2 Å². The van der Waals surface area contributed by atoms with Crippen LogP contribution < -0.4 is 0 Å². The SMILES string of the molecule is O=C(O)c1c(Br)ncc(C(F)F)c1I. The highest BCUT2D eigenvalue weighted by Crippen LogP contribution is 2.29. The Morgan fingerprint density at radius 2 is 2.21 bits per heavy atom. The van der Waals surface area contributed by atoms with E-state index in [1.54, 1.807) is 22.6 Å². The van der Waals surface area contributed by atoms with Crippen LogP contribution >= 0.6 is 38.5 Å². The summed E-state index contributed by atoms with van der Waals surface area (Å²) in [7, 11) is 0. The molecule has 0 aliphatic heterocycles. The average molecular weight is 378 g/mol. The summed E-state index contributed by atoms with van der Waals surface area (Å²) in [5, 5.41) is 8.73. The second-order valence-corrected chi connectivity index (χ2v) is 4.13. The quantitative estimate of drug-likeness (QED) is 0.636. The molecule has 1 N–H and O–H groups in total. The fraction of sp³-hybridized carbons (Fsp3) is 0.143. The molecule has 76 valence electrons. The largest absolute Gasteiger partial charge is 0.478 e. The average Bonchev–Trinajstić information content (AvgIpc) is 2.02. The minimum atomic E-state index is -2.72. The first-order chi connectivity index (χ1) is 6.45. The van der Waals surface area contributed by atoms with Crippen molar-refractivity contribution in [1.82, 2.24) is 4.98 Å². The van der Waals surface area contributed by atoms with Crippen LogP contribution in [0.5, 0.6) is 0 Å². The lowest BCUT2D eigenvalue weighted by molar-refractivity contribution is 0.0693. The van der Waals surface area contributed by atoms with E-state index < -0.39 is 12.4 Å². The zero-order valence-electron chi connectivity index (χ0n) is 6.47. The molecular formula is C7H3BrF2INO2. The number of nitrogens with zero attached hydrogens (tertiary/aromatic N) is 1. The summed E-state index contributed by atoms with van der Waals surface area (Å²) in [5.74, 6) is -1.28. The van der Waals surface area contributed by atoms with E-state index in [-0.39, 0.29) is 19.3 Å². The Hall–Kier alpha value is -0.310. The lowest BCUT2D eigenvalue weighted by Gasteiger charge is -2.06. The molecule has 7 heteroatoms. The summed E-state index contributed by atoms with van der Waals surface area (Å²) in [6, 6.07) is 0. The number of aromatic nitrogens is 1. The normalized spacial score (nSPS) is 10.6. The Kier molecular flexibility index (Phi) is 3.76. The predicted molar refractivity (Wildman–Crippen MR) is 56.6 cm³/mol. The monoisotopic (exact) mass is 377 g/mol. The van der Waals surface area contributed by atoms with E-state index >= 15 is 0 Å². The molecule has 1 aromatic heterocycles. The van der Waals surface area contributed by atoms with Crippen LogP contribution in [0.2, 0.25) is 0 Å². The molecule has 14 heavy (non-hydrogen) atoms. The number of carbonyl (C=O) groups is 1. The molecule has 0 saturated carbocycles. The first-order valence-electron chi connectivity index (χ1n) is 3.30. The third-order valence-electron chi connectivity index (χ3n) is 1.45. The summed E-state index contributed by atoms with van der Waals surface area (Å²) >= 11 is 4.46. The van der Waals surface area contributed by atoms with Gasteiger partial charge in [0, 0.05) is 9.77 Å². The summed E-state index contributed by atoms with van der Waals surface area (Å²) < 4.78 is 24.8. The van der Waals surface area contributed by atoms with Gasteiger partial charge in [0.05, 0.1) is 5.56 Å². The van der Waals surface area contributed by atoms with Crippen LogP contribution in [0.3, 0.4) is 0 Å². The maximum atomic E-state index is 12.3. The fourth-order valence-electron chi connectivity index (χ4n) is 0.817. The standard InChI is InChI=1S/C7H3BrF2INO2/c8-5-3(7(13)14)4(11)2(1-12-5)6(9)10/h1,6H,(H,13,14). The van der Waals surface area contributed by atoms with Crippen molar-refractivity contribution in [2.75, 3.05) is 0 Å². The van der Waals surface area contributed by atoms with Crippen molar-refractivity contribution in [3.63, 3.8) is 0 Å². The molecule has 0 aliphatic carbocycles. The molecule has 1 heterocycles. The van der Waals surface area contributed by atoms with Crippen LogP contribution in [0.15, 0.2) is 10.8 Å². The Morgan fingerprint density at radius 1 is 1.64 bits per heavy atom. The fourth-order valence-corrected chi connectivity index (χ4v) is 2.52. The molecule has 0 fully saturated rings. The van der Waals surface area contributed by atoms with Crippen molar-refractivity contribution in [3.05, 3.63) is 25.5 Å². The number of pyridine rings is 1. The van der Waals surface area contributed by atoms with Crippen molar-refractivity contribution in [3.8, 4) is 0 Å². The van der Waals surface area contributed by atoms with Gasteiger partial charge in [-0.25, -0.2) is 18.6 Å². The molecule has 0 radical (unpaired) electrons. The van der Waals surface area contributed by atoms with Gasteiger partial charge in [0.25, 0.3) is 6.43 Å². The van der Waals surface area contributed by atoms with Gasteiger partial charge >= 0.3 is 5.97 Å². The summed E-state index contributed by atoms with van der Waals surface area (Å²) in [6.45, 7) is 0. The first-order valence-corrected chi connectivity index (χ1v) is 5.17. The minimum Gasteiger partial charge on any atom is -0.478 e. The lowest BCUT2D eigenvalue weighted by atomic mass is 10.2. The van der Waals surface area contributed by atoms with E-state index in [1.807, 2.05) is 0 Å². The lowest BCUT2D eigenvalue weighted by Crippen LogP contribution is -2.06. The number of alkyl halides is 2. The summed E-state index contributed by atoms with van der Waals surface area (Å²) in [6.07, 6.45) is -1.76. The number of halogens is 4. The van der Waals surface area contributed by atoms with Crippen LogP contribution in [-0.2, 0) is 0 Å². The zero-order valence-corrected chi connectivity index (χ0v) is 10.2. The van der Waals surface area contributed by atoms with E-state index in [4.69, 9.17) is 5.11 Å². The molecule has 0 spiro atoms. The van der Waals surface area contributed by atoms with Gasteiger partial charge in [-0.1, -0.05) is 0 Å². The van der Waals surface area contributed by atoms with E-state index in [1.165, 1.54) is 0 Å². The van der Waals surface area contributed by atoms with Gasteiger partial charge in [-0.05, 0) is 38.5 Å². The molecule has 0 atom stereocenters. The molecule has 0 unspecified atom stereocenters. The van der Waals surface area contributed by atoms with E-state index in [9.17, 15) is 13.6 Å². The van der Waals surface area contributed by atoms with Gasteiger partial charge in [-0.2, -0.15) is 0 Å². The first kappa shape index (κ1) is 11.8. The molecule has 3 nitrogen and oxygen atoms in total. The molecule has 1 rings (SSSR count). The van der Waals surface area contributed by atoms with Gasteiger partial charge in [0.2, 0.25) is 0 Å². The highest BCUT2D eigenvalue weighted by Gasteiger charge is 2.21. The molecule has 0 aromatic carbocycles. The van der Waals surface area contributed by atoms with Crippen LogP contribution in [0, 0.1) is 3.57 Å². The van der Waals surface area contributed by atoms with E-state index in [0.717, 1.165) is 6.20 Å². The number of carboxylic acids is 1. The van der Waals surface area contributed by atoms with Crippen LogP contribution in [-0.4, -0.2) is 16.1 Å². The maximum absolute atomic E-state index is 12.3. The Labute approximate surface area is 99.8 Å². The minimum absolute atomic E-state index is 0.00646. The van der Waals surface area contributed by atoms with Gasteiger partial charge in [0.15, 0.2) is 0 Å². The highest BCUT2D eigenvalue weighted by molar-refractivity contribution is 14.1. The Morgan fingerprint density at radius 3 is 2.64 bits per heavy atom. The number of aromatic carboxylic acids is 1. The Bertz CT molecular complexity index is 386. The van der Waals surface area contributed by atoms with Crippen molar-refractivity contribution >= 4 is 44.5 Å².